The van der Waals surface area contributed by atoms with Crippen molar-refractivity contribution in [2.24, 2.45) is 0 Å². The number of aromatic nitrogens is 1. The lowest BCUT2D eigenvalue weighted by molar-refractivity contribution is 0.0701. The number of ether oxygens (including phenoxy) is 2. The molecule has 0 atom stereocenters. The molecule has 0 aromatic carbocycles. The Morgan fingerprint density at radius 2 is 1.89 bits per heavy atom. The van der Waals surface area contributed by atoms with E-state index in [1.54, 1.807) is 21.1 Å². The third-order valence-electron chi connectivity index (χ3n) is 2.62. The van der Waals surface area contributed by atoms with Crippen LogP contribution in [0.4, 0.5) is 0 Å². The molecule has 0 saturated heterocycles. The zero-order valence-corrected chi connectivity index (χ0v) is 12.3. The quantitative estimate of drug-likeness (QED) is 0.737. The summed E-state index contributed by atoms with van der Waals surface area (Å²) < 4.78 is 10.1. The average Bonchev–Trinajstić information content (AvgIpc) is 2.73. The molecule has 1 N–H and O–H groups in total. The van der Waals surface area contributed by atoms with Gasteiger partial charge in [-0.25, -0.2) is 9.78 Å². The number of hydrogen-bond acceptors (Lipinski definition) is 6. The molecule has 6 nitrogen and oxygen atoms in total. The van der Waals surface area contributed by atoms with Gasteiger partial charge in [0.15, 0.2) is 0 Å². The molecule has 0 saturated carbocycles. The smallest absolute Gasteiger partial charge is 0.347 e. The minimum absolute atomic E-state index is 0.313. The standard InChI is InChI=1S/C12H20N2O4S/c1-9-11(12(15)16)19-10(13-9)8-14(4-6-17-2)5-7-18-3/h4-8H2,1-3H3,(H,15,16). The van der Waals surface area contributed by atoms with Crippen molar-refractivity contribution in [2.75, 3.05) is 40.5 Å². The van der Waals surface area contributed by atoms with Crippen molar-refractivity contribution in [1.82, 2.24) is 9.88 Å². The first-order chi connectivity index (χ1) is 9.08. The monoisotopic (exact) mass is 288 g/mol. The summed E-state index contributed by atoms with van der Waals surface area (Å²) in [6.45, 7) is 5.12. The van der Waals surface area contributed by atoms with Gasteiger partial charge in [-0.2, -0.15) is 0 Å². The highest BCUT2D eigenvalue weighted by molar-refractivity contribution is 7.13. The Morgan fingerprint density at radius 1 is 1.32 bits per heavy atom. The van der Waals surface area contributed by atoms with E-state index in [1.807, 2.05) is 0 Å². The second kappa shape index (κ2) is 8.21. The fourth-order valence-corrected chi connectivity index (χ4v) is 2.57. The van der Waals surface area contributed by atoms with Gasteiger partial charge in [-0.05, 0) is 6.92 Å². The van der Waals surface area contributed by atoms with Crippen LogP contribution < -0.4 is 0 Å². The maximum absolute atomic E-state index is 11.0. The number of aryl methyl sites for hydroxylation is 1. The Bertz CT molecular complexity index is 400. The Labute approximate surface area is 117 Å². The minimum atomic E-state index is -0.915. The first-order valence-electron chi connectivity index (χ1n) is 5.98. The van der Waals surface area contributed by atoms with Crippen LogP contribution in [0.15, 0.2) is 0 Å². The Balaban J connectivity index is 2.66. The Morgan fingerprint density at radius 3 is 2.32 bits per heavy atom. The molecule has 0 unspecified atom stereocenters. The third kappa shape index (κ3) is 5.23. The zero-order valence-electron chi connectivity index (χ0n) is 11.5. The number of aromatic carboxylic acids is 1. The molecule has 7 heteroatoms. The molecule has 1 aromatic rings. The molecule has 0 fully saturated rings. The highest BCUT2D eigenvalue weighted by atomic mass is 32.1. The van der Waals surface area contributed by atoms with Gasteiger partial charge < -0.3 is 14.6 Å². The van der Waals surface area contributed by atoms with Crippen molar-refractivity contribution < 1.29 is 19.4 Å². The van der Waals surface area contributed by atoms with E-state index in [-0.39, 0.29) is 0 Å². The predicted octanol–water partition coefficient (Wildman–Crippen LogP) is 1.24. The minimum Gasteiger partial charge on any atom is -0.477 e. The van der Waals surface area contributed by atoms with Crippen LogP contribution >= 0.6 is 11.3 Å². The highest BCUT2D eigenvalue weighted by Crippen LogP contribution is 2.19. The van der Waals surface area contributed by atoms with E-state index in [0.29, 0.717) is 30.3 Å². The first kappa shape index (κ1) is 16.0. The van der Waals surface area contributed by atoms with Crippen LogP contribution in [0.25, 0.3) is 0 Å². The normalized spacial score (nSPS) is 11.2. The number of carboxylic acid groups (broad SMARTS) is 1. The molecular weight excluding hydrogens is 268 g/mol. The summed E-state index contributed by atoms with van der Waals surface area (Å²) in [5.74, 6) is -0.915. The van der Waals surface area contributed by atoms with Gasteiger partial charge in [-0.3, -0.25) is 4.90 Å². The van der Waals surface area contributed by atoms with E-state index >= 15 is 0 Å². The lowest BCUT2D eigenvalue weighted by atomic mass is 10.4. The highest BCUT2D eigenvalue weighted by Gasteiger charge is 2.16. The molecule has 0 bridgehead atoms. The van der Waals surface area contributed by atoms with Gasteiger partial charge in [-0.1, -0.05) is 0 Å². The summed E-state index contributed by atoms with van der Waals surface area (Å²) in [5, 5.41) is 9.82. The van der Waals surface area contributed by atoms with Crippen LogP contribution in [0.5, 0.6) is 0 Å². The van der Waals surface area contributed by atoms with E-state index in [2.05, 4.69) is 9.88 Å². The molecule has 0 amide bonds. The average molecular weight is 288 g/mol. The maximum atomic E-state index is 11.0. The fraction of sp³-hybridized carbons (Fsp3) is 0.667. The number of carboxylic acids is 1. The van der Waals surface area contributed by atoms with Gasteiger partial charge in [0.05, 0.1) is 25.5 Å². The number of nitrogens with zero attached hydrogens (tertiary/aromatic N) is 2. The number of thiazole rings is 1. The van der Waals surface area contributed by atoms with Gasteiger partial charge in [0.2, 0.25) is 0 Å². The molecule has 1 rings (SSSR count). The summed E-state index contributed by atoms with van der Waals surface area (Å²) in [6.07, 6.45) is 0. The number of carbonyl (C=O) groups is 1. The zero-order chi connectivity index (χ0) is 14.3. The molecule has 19 heavy (non-hydrogen) atoms. The van der Waals surface area contributed by atoms with Crippen LogP contribution in [0, 0.1) is 6.92 Å². The number of hydrogen-bond donors (Lipinski definition) is 1. The summed E-state index contributed by atoms with van der Waals surface area (Å²) in [4.78, 5) is 17.7. The third-order valence-corrected chi connectivity index (χ3v) is 3.75. The molecule has 0 aliphatic heterocycles. The van der Waals surface area contributed by atoms with Gasteiger partial charge >= 0.3 is 5.97 Å². The van der Waals surface area contributed by atoms with Crippen LogP contribution in [-0.2, 0) is 16.0 Å². The van der Waals surface area contributed by atoms with Crippen LogP contribution in [0.2, 0.25) is 0 Å². The van der Waals surface area contributed by atoms with E-state index in [1.165, 1.54) is 11.3 Å². The van der Waals surface area contributed by atoms with E-state index in [0.717, 1.165) is 18.1 Å². The topological polar surface area (TPSA) is 71.9 Å². The van der Waals surface area contributed by atoms with Crippen molar-refractivity contribution in [1.29, 1.82) is 0 Å². The van der Waals surface area contributed by atoms with Crippen molar-refractivity contribution in [3.05, 3.63) is 15.6 Å². The molecule has 1 heterocycles. The molecule has 0 radical (unpaired) electrons. The SMILES string of the molecule is COCCN(CCOC)Cc1nc(C)c(C(=O)O)s1. The van der Waals surface area contributed by atoms with Gasteiger partial charge in [0.25, 0.3) is 0 Å². The molecule has 1 aromatic heterocycles. The molecule has 0 aliphatic rings. The number of rotatable bonds is 9. The van der Waals surface area contributed by atoms with E-state index in [9.17, 15) is 4.79 Å². The summed E-state index contributed by atoms with van der Waals surface area (Å²) >= 11 is 1.23. The Kier molecular flexibility index (Phi) is 6.93. The summed E-state index contributed by atoms with van der Waals surface area (Å²) in [5.41, 5.74) is 0.575. The second-order valence-electron chi connectivity index (χ2n) is 4.09. The van der Waals surface area contributed by atoms with E-state index < -0.39 is 5.97 Å². The Hall–Kier alpha value is -1.02. The summed E-state index contributed by atoms with van der Waals surface area (Å²) in [6, 6.07) is 0. The van der Waals surface area contributed by atoms with Crippen molar-refractivity contribution in [3.63, 3.8) is 0 Å². The van der Waals surface area contributed by atoms with Crippen LogP contribution in [-0.4, -0.2) is 61.5 Å². The second-order valence-corrected chi connectivity index (χ2v) is 5.17. The van der Waals surface area contributed by atoms with Crippen molar-refractivity contribution >= 4 is 17.3 Å². The molecule has 0 aliphatic carbocycles. The first-order valence-corrected chi connectivity index (χ1v) is 6.80. The van der Waals surface area contributed by atoms with Crippen molar-refractivity contribution in [2.45, 2.75) is 13.5 Å². The molecule has 108 valence electrons. The lowest BCUT2D eigenvalue weighted by Crippen LogP contribution is -2.30. The van der Waals surface area contributed by atoms with Gasteiger partial charge in [-0.15, -0.1) is 11.3 Å². The number of methoxy groups -OCH3 is 2. The fourth-order valence-electron chi connectivity index (χ4n) is 1.62. The van der Waals surface area contributed by atoms with Crippen molar-refractivity contribution in [3.8, 4) is 0 Å². The van der Waals surface area contributed by atoms with Crippen LogP contribution in [0.1, 0.15) is 20.4 Å². The summed E-state index contributed by atoms with van der Waals surface area (Å²) in [7, 11) is 3.31. The van der Waals surface area contributed by atoms with Crippen LogP contribution in [0.3, 0.4) is 0 Å². The van der Waals surface area contributed by atoms with Gasteiger partial charge in [0, 0.05) is 27.3 Å². The van der Waals surface area contributed by atoms with Gasteiger partial charge in [0.1, 0.15) is 9.88 Å². The molecule has 0 spiro atoms. The lowest BCUT2D eigenvalue weighted by Gasteiger charge is -2.20. The molecular formula is C12H20N2O4S. The largest absolute Gasteiger partial charge is 0.477 e. The maximum Gasteiger partial charge on any atom is 0.347 e. The van der Waals surface area contributed by atoms with E-state index in [4.69, 9.17) is 14.6 Å². The predicted molar refractivity (Wildman–Crippen MR) is 72.8 cm³/mol.